The van der Waals surface area contributed by atoms with Gasteiger partial charge in [-0.2, -0.15) is 0 Å². The molecule has 0 saturated heterocycles. The van der Waals surface area contributed by atoms with E-state index in [4.69, 9.17) is 11.6 Å². The Morgan fingerprint density at radius 3 is 2.50 bits per heavy atom. The Hall–Kier alpha value is 0.290. The van der Waals surface area contributed by atoms with E-state index in [1.807, 2.05) is 0 Å². The summed E-state index contributed by atoms with van der Waals surface area (Å²) in [4.78, 5) is 0. The lowest BCUT2D eigenvalue weighted by atomic mass is 9.71. The van der Waals surface area contributed by atoms with Crippen LogP contribution in [0.2, 0.25) is 0 Å². The lowest BCUT2D eigenvalue weighted by molar-refractivity contribution is 0.161. The zero-order valence-corrected chi connectivity index (χ0v) is 9.27. The third kappa shape index (κ3) is 2.39. The second kappa shape index (κ2) is 4.50. The van der Waals surface area contributed by atoms with Crippen molar-refractivity contribution in [1.29, 1.82) is 0 Å². The molecule has 72 valence electrons. The first kappa shape index (κ1) is 10.4. The van der Waals surface area contributed by atoms with Gasteiger partial charge in [-0.3, -0.25) is 0 Å². The quantitative estimate of drug-likeness (QED) is 0.576. The molecule has 1 rings (SSSR count). The molecule has 1 aliphatic carbocycles. The average Bonchev–Trinajstić information content (AvgIpc) is 2.03. The van der Waals surface area contributed by atoms with Crippen molar-refractivity contribution in [1.82, 2.24) is 0 Å². The molecular formula is C11H21Cl. The second-order valence-electron chi connectivity index (χ2n) is 4.74. The fraction of sp³-hybridized carbons (Fsp3) is 1.00. The number of halogens is 1. The minimum Gasteiger partial charge on any atom is -0.126 e. The number of alkyl halides is 1. The van der Waals surface area contributed by atoms with E-state index in [1.54, 1.807) is 0 Å². The van der Waals surface area contributed by atoms with Gasteiger partial charge in [0, 0.05) is 5.88 Å². The monoisotopic (exact) mass is 188 g/mol. The summed E-state index contributed by atoms with van der Waals surface area (Å²) in [5.74, 6) is 4.27. The predicted molar refractivity (Wildman–Crippen MR) is 55.6 cm³/mol. The molecule has 0 amide bonds. The summed E-state index contributed by atoms with van der Waals surface area (Å²) >= 11 is 5.98. The standard InChI is InChI=1S/C11H21Cl/c1-8(2)11-5-4-9(3)6-10(11)7-12/h8-11H,4-7H2,1-3H3/t9-,10-,11+/m1/s1. The molecule has 1 fully saturated rings. The maximum atomic E-state index is 5.98. The Morgan fingerprint density at radius 2 is 2.00 bits per heavy atom. The molecule has 0 spiro atoms. The lowest BCUT2D eigenvalue weighted by Crippen LogP contribution is -2.28. The first-order valence-corrected chi connectivity index (χ1v) is 5.74. The summed E-state index contributed by atoms with van der Waals surface area (Å²) in [5, 5.41) is 0. The van der Waals surface area contributed by atoms with E-state index in [1.165, 1.54) is 19.3 Å². The fourth-order valence-electron chi connectivity index (χ4n) is 2.58. The van der Waals surface area contributed by atoms with Crippen LogP contribution in [0.3, 0.4) is 0 Å². The van der Waals surface area contributed by atoms with Crippen LogP contribution in [0, 0.1) is 23.7 Å². The molecule has 1 aliphatic rings. The van der Waals surface area contributed by atoms with Crippen molar-refractivity contribution in [3.05, 3.63) is 0 Å². The van der Waals surface area contributed by atoms with Crippen molar-refractivity contribution >= 4 is 11.6 Å². The van der Waals surface area contributed by atoms with Gasteiger partial charge in [0.1, 0.15) is 0 Å². The molecule has 12 heavy (non-hydrogen) atoms. The molecule has 0 bridgehead atoms. The maximum Gasteiger partial charge on any atom is 0.0254 e. The van der Waals surface area contributed by atoms with Crippen LogP contribution in [-0.4, -0.2) is 5.88 Å². The minimum atomic E-state index is 0.787. The number of hydrogen-bond donors (Lipinski definition) is 0. The molecule has 1 heteroatoms. The Labute approximate surface area is 81.7 Å². The highest BCUT2D eigenvalue weighted by Gasteiger charge is 2.29. The molecular weight excluding hydrogens is 168 g/mol. The van der Waals surface area contributed by atoms with Gasteiger partial charge in [-0.1, -0.05) is 27.2 Å². The summed E-state index contributed by atoms with van der Waals surface area (Å²) in [5.41, 5.74) is 0. The van der Waals surface area contributed by atoms with Gasteiger partial charge in [0.2, 0.25) is 0 Å². The lowest BCUT2D eigenvalue weighted by Gasteiger charge is -2.36. The van der Waals surface area contributed by atoms with Crippen LogP contribution in [0.25, 0.3) is 0 Å². The third-order valence-electron chi connectivity index (χ3n) is 3.36. The Morgan fingerprint density at radius 1 is 1.33 bits per heavy atom. The Balaban J connectivity index is 2.50. The van der Waals surface area contributed by atoms with Gasteiger partial charge in [-0.25, -0.2) is 0 Å². The molecule has 0 nitrogen and oxygen atoms in total. The van der Waals surface area contributed by atoms with Crippen molar-refractivity contribution in [2.75, 3.05) is 5.88 Å². The molecule has 0 aromatic carbocycles. The van der Waals surface area contributed by atoms with Gasteiger partial charge in [0.15, 0.2) is 0 Å². The van der Waals surface area contributed by atoms with Gasteiger partial charge in [-0.05, 0) is 36.5 Å². The number of hydrogen-bond acceptors (Lipinski definition) is 0. The summed E-state index contributed by atoms with van der Waals surface area (Å²) in [6.07, 6.45) is 4.17. The second-order valence-corrected chi connectivity index (χ2v) is 5.05. The van der Waals surface area contributed by atoms with Gasteiger partial charge in [0.25, 0.3) is 0 Å². The first-order valence-electron chi connectivity index (χ1n) is 5.21. The molecule has 0 aliphatic heterocycles. The topological polar surface area (TPSA) is 0 Å². The summed E-state index contributed by atoms with van der Waals surface area (Å²) in [6.45, 7) is 7.02. The highest BCUT2D eigenvalue weighted by Crippen LogP contribution is 2.38. The summed E-state index contributed by atoms with van der Waals surface area (Å²) in [7, 11) is 0. The fourth-order valence-corrected chi connectivity index (χ4v) is 2.93. The van der Waals surface area contributed by atoms with Gasteiger partial charge < -0.3 is 0 Å². The van der Waals surface area contributed by atoms with E-state index < -0.39 is 0 Å². The molecule has 1 saturated carbocycles. The largest absolute Gasteiger partial charge is 0.126 e. The molecule has 0 aromatic rings. The summed E-state index contributed by atoms with van der Waals surface area (Å²) < 4.78 is 0. The van der Waals surface area contributed by atoms with E-state index in [0.717, 1.165) is 29.6 Å². The maximum absolute atomic E-state index is 5.98. The van der Waals surface area contributed by atoms with Crippen molar-refractivity contribution < 1.29 is 0 Å². The molecule has 0 unspecified atom stereocenters. The molecule has 3 atom stereocenters. The van der Waals surface area contributed by atoms with Crippen LogP contribution >= 0.6 is 11.6 Å². The first-order chi connectivity index (χ1) is 5.65. The minimum absolute atomic E-state index is 0.787. The molecule has 0 heterocycles. The normalized spacial score (nSPS) is 37.2. The van der Waals surface area contributed by atoms with E-state index in [-0.39, 0.29) is 0 Å². The highest BCUT2D eigenvalue weighted by atomic mass is 35.5. The Bertz CT molecular complexity index is 131. The van der Waals surface area contributed by atoms with Crippen LogP contribution in [0.15, 0.2) is 0 Å². The van der Waals surface area contributed by atoms with Gasteiger partial charge in [-0.15, -0.1) is 11.6 Å². The van der Waals surface area contributed by atoms with Crippen molar-refractivity contribution in [3.8, 4) is 0 Å². The van der Waals surface area contributed by atoms with Crippen LogP contribution < -0.4 is 0 Å². The Kier molecular flexibility index (Phi) is 3.89. The molecule has 0 aromatic heterocycles. The van der Waals surface area contributed by atoms with Crippen LogP contribution in [0.1, 0.15) is 40.0 Å². The van der Waals surface area contributed by atoms with Crippen molar-refractivity contribution in [3.63, 3.8) is 0 Å². The molecule has 0 N–H and O–H groups in total. The highest BCUT2D eigenvalue weighted by molar-refractivity contribution is 6.18. The van der Waals surface area contributed by atoms with Gasteiger partial charge >= 0.3 is 0 Å². The average molecular weight is 189 g/mol. The van der Waals surface area contributed by atoms with Crippen molar-refractivity contribution in [2.24, 2.45) is 23.7 Å². The molecule has 0 radical (unpaired) electrons. The number of rotatable bonds is 2. The predicted octanol–water partition coefficient (Wildman–Crippen LogP) is 3.93. The van der Waals surface area contributed by atoms with E-state index in [0.29, 0.717) is 0 Å². The smallest absolute Gasteiger partial charge is 0.0254 e. The summed E-state index contributed by atoms with van der Waals surface area (Å²) in [6, 6.07) is 0. The van der Waals surface area contributed by atoms with Gasteiger partial charge in [0.05, 0.1) is 0 Å². The van der Waals surface area contributed by atoms with E-state index in [2.05, 4.69) is 20.8 Å². The van der Waals surface area contributed by atoms with Crippen LogP contribution in [0.4, 0.5) is 0 Å². The van der Waals surface area contributed by atoms with Crippen LogP contribution in [-0.2, 0) is 0 Å². The zero-order valence-electron chi connectivity index (χ0n) is 8.52. The zero-order chi connectivity index (χ0) is 9.14. The van der Waals surface area contributed by atoms with Crippen LogP contribution in [0.5, 0.6) is 0 Å². The van der Waals surface area contributed by atoms with E-state index >= 15 is 0 Å². The SMILES string of the molecule is CC(C)[C@@H]1CC[C@@H](C)C[C@@H]1CCl. The third-order valence-corrected chi connectivity index (χ3v) is 3.75. The van der Waals surface area contributed by atoms with E-state index in [9.17, 15) is 0 Å². The van der Waals surface area contributed by atoms with Crippen molar-refractivity contribution in [2.45, 2.75) is 40.0 Å².